The first-order valence-corrected chi connectivity index (χ1v) is 6.22. The van der Waals surface area contributed by atoms with Crippen molar-refractivity contribution in [1.82, 2.24) is 9.88 Å². The summed E-state index contributed by atoms with van der Waals surface area (Å²) in [5.74, 6) is 0. The van der Waals surface area contributed by atoms with Crippen LogP contribution in [-0.2, 0) is 0 Å². The molecule has 0 unspecified atom stereocenters. The molecule has 4 heteroatoms. The number of likely N-dealkylation sites (tertiary alicyclic amines) is 1. The Morgan fingerprint density at radius 3 is 2.94 bits per heavy atom. The van der Waals surface area contributed by atoms with Gasteiger partial charge < -0.3 is 5.32 Å². The highest BCUT2D eigenvalue weighted by Gasteiger charge is 2.25. The van der Waals surface area contributed by atoms with E-state index in [-0.39, 0.29) is 0 Å². The largest absolute Gasteiger partial charge is 0.378 e. The van der Waals surface area contributed by atoms with Crippen LogP contribution in [0.2, 0.25) is 0 Å². The van der Waals surface area contributed by atoms with Crippen LogP contribution < -0.4 is 5.32 Å². The topological polar surface area (TPSA) is 45.2 Å². The predicted molar refractivity (Wildman–Crippen MR) is 68.4 cm³/mol. The minimum Gasteiger partial charge on any atom is -0.378 e. The number of rotatable bonds is 6. The molecule has 92 valence electrons. The molecule has 1 aromatic heterocycles. The lowest BCUT2D eigenvalue weighted by molar-refractivity contribution is 0.111. The third-order valence-electron chi connectivity index (χ3n) is 3.06. The number of aromatic nitrogens is 1. The first-order chi connectivity index (χ1) is 8.31. The quantitative estimate of drug-likeness (QED) is 0.761. The van der Waals surface area contributed by atoms with Crippen LogP contribution in [0.25, 0.3) is 0 Å². The van der Waals surface area contributed by atoms with E-state index < -0.39 is 0 Å². The molecule has 0 saturated carbocycles. The number of hydrogen-bond donors (Lipinski definition) is 1. The summed E-state index contributed by atoms with van der Waals surface area (Å²) < 4.78 is 0. The maximum Gasteiger partial charge on any atom is 0.168 e. The van der Waals surface area contributed by atoms with Gasteiger partial charge in [0, 0.05) is 13.1 Å². The number of aldehydes is 1. The lowest BCUT2D eigenvalue weighted by Crippen LogP contribution is -2.54. The van der Waals surface area contributed by atoms with Gasteiger partial charge in [0.05, 0.1) is 17.9 Å². The lowest BCUT2D eigenvalue weighted by Gasteiger charge is -2.40. The van der Waals surface area contributed by atoms with Crippen molar-refractivity contribution in [3.8, 4) is 0 Å². The number of anilines is 1. The van der Waals surface area contributed by atoms with Gasteiger partial charge in [-0.25, -0.2) is 0 Å². The highest BCUT2D eigenvalue weighted by molar-refractivity contribution is 5.72. The van der Waals surface area contributed by atoms with Crippen molar-refractivity contribution < 1.29 is 4.79 Å². The molecule has 1 N–H and O–H groups in total. The van der Waals surface area contributed by atoms with Crippen LogP contribution in [-0.4, -0.2) is 41.8 Å². The second-order valence-corrected chi connectivity index (χ2v) is 4.54. The molecule has 17 heavy (non-hydrogen) atoms. The molecule has 0 aromatic carbocycles. The summed E-state index contributed by atoms with van der Waals surface area (Å²) in [6.45, 7) is 5.64. The highest BCUT2D eigenvalue weighted by atomic mass is 16.1. The average Bonchev–Trinajstić information content (AvgIpc) is 2.32. The van der Waals surface area contributed by atoms with Gasteiger partial charge >= 0.3 is 0 Å². The van der Waals surface area contributed by atoms with Crippen LogP contribution in [0.5, 0.6) is 0 Å². The molecule has 0 amide bonds. The molecule has 0 radical (unpaired) electrons. The summed E-state index contributed by atoms with van der Waals surface area (Å²) >= 11 is 0. The fourth-order valence-electron chi connectivity index (χ4n) is 2.02. The summed E-state index contributed by atoms with van der Waals surface area (Å²) in [5.41, 5.74) is 1.48. The molecular formula is C13H19N3O. The summed E-state index contributed by atoms with van der Waals surface area (Å²) in [6.07, 6.45) is 5.02. The molecule has 0 aliphatic carbocycles. The van der Waals surface area contributed by atoms with Crippen molar-refractivity contribution >= 4 is 12.0 Å². The van der Waals surface area contributed by atoms with E-state index in [1.54, 1.807) is 12.3 Å². The number of pyridine rings is 1. The standard InChI is InChI=1S/C13H19N3O/c1-2-3-6-16-8-13(9-16)15-11-4-5-12(10-17)14-7-11/h4-5,7,10,13,15H,2-3,6,8-9H2,1H3. The van der Waals surface area contributed by atoms with E-state index in [9.17, 15) is 4.79 Å². The second-order valence-electron chi connectivity index (χ2n) is 4.54. The van der Waals surface area contributed by atoms with Crippen LogP contribution in [0.3, 0.4) is 0 Å². The van der Waals surface area contributed by atoms with Crippen LogP contribution in [0.15, 0.2) is 18.3 Å². The Morgan fingerprint density at radius 1 is 1.53 bits per heavy atom. The van der Waals surface area contributed by atoms with E-state index in [2.05, 4.69) is 22.1 Å². The van der Waals surface area contributed by atoms with Crippen molar-refractivity contribution in [2.24, 2.45) is 0 Å². The van der Waals surface area contributed by atoms with Gasteiger partial charge in [-0.1, -0.05) is 13.3 Å². The molecule has 2 heterocycles. The summed E-state index contributed by atoms with van der Waals surface area (Å²) in [4.78, 5) is 16.9. The zero-order chi connectivity index (χ0) is 12.1. The molecule has 1 fully saturated rings. The maximum absolute atomic E-state index is 10.5. The van der Waals surface area contributed by atoms with E-state index in [4.69, 9.17) is 0 Å². The second kappa shape index (κ2) is 5.77. The number of carbonyl (C=O) groups is 1. The van der Waals surface area contributed by atoms with Crippen LogP contribution >= 0.6 is 0 Å². The lowest BCUT2D eigenvalue weighted by atomic mass is 10.1. The summed E-state index contributed by atoms with van der Waals surface area (Å²) in [5, 5.41) is 3.42. The summed E-state index contributed by atoms with van der Waals surface area (Å²) in [7, 11) is 0. The van der Waals surface area contributed by atoms with E-state index in [1.165, 1.54) is 19.4 Å². The first-order valence-electron chi connectivity index (χ1n) is 6.22. The normalized spacial score (nSPS) is 16.5. The molecule has 0 bridgehead atoms. The Hall–Kier alpha value is -1.42. The van der Waals surface area contributed by atoms with Crippen LogP contribution in [0.4, 0.5) is 5.69 Å². The van der Waals surface area contributed by atoms with Crippen molar-refractivity contribution in [2.75, 3.05) is 25.0 Å². The van der Waals surface area contributed by atoms with E-state index in [1.807, 2.05) is 6.07 Å². The fraction of sp³-hybridized carbons (Fsp3) is 0.538. The Kier molecular flexibility index (Phi) is 4.09. The minimum atomic E-state index is 0.480. The van der Waals surface area contributed by atoms with E-state index in [0.717, 1.165) is 25.1 Å². The predicted octanol–water partition coefficient (Wildman–Crippen LogP) is 1.79. The SMILES string of the molecule is CCCCN1CC(Nc2ccc(C=O)nc2)C1. The number of nitrogens with one attached hydrogen (secondary N) is 1. The maximum atomic E-state index is 10.5. The average molecular weight is 233 g/mol. The van der Waals surface area contributed by atoms with Crippen molar-refractivity contribution in [3.05, 3.63) is 24.0 Å². The molecule has 2 rings (SSSR count). The van der Waals surface area contributed by atoms with Gasteiger partial charge in [0.1, 0.15) is 5.69 Å². The van der Waals surface area contributed by atoms with Gasteiger partial charge in [0.25, 0.3) is 0 Å². The smallest absolute Gasteiger partial charge is 0.168 e. The zero-order valence-electron chi connectivity index (χ0n) is 10.2. The number of unbranched alkanes of at least 4 members (excludes halogenated alkanes) is 1. The van der Waals surface area contributed by atoms with Gasteiger partial charge in [-0.15, -0.1) is 0 Å². The molecule has 1 saturated heterocycles. The molecule has 1 aromatic rings. The molecular weight excluding hydrogens is 214 g/mol. The Morgan fingerprint density at radius 2 is 2.35 bits per heavy atom. The highest BCUT2D eigenvalue weighted by Crippen LogP contribution is 2.15. The monoisotopic (exact) mass is 233 g/mol. The molecule has 4 nitrogen and oxygen atoms in total. The zero-order valence-corrected chi connectivity index (χ0v) is 10.2. The van der Waals surface area contributed by atoms with Crippen molar-refractivity contribution in [3.63, 3.8) is 0 Å². The molecule has 1 aliphatic heterocycles. The van der Waals surface area contributed by atoms with E-state index in [0.29, 0.717) is 11.7 Å². The van der Waals surface area contributed by atoms with Crippen molar-refractivity contribution in [1.29, 1.82) is 0 Å². The number of carbonyl (C=O) groups excluding carboxylic acids is 1. The third-order valence-corrected chi connectivity index (χ3v) is 3.06. The Bertz CT molecular complexity index is 357. The molecule has 0 spiro atoms. The van der Waals surface area contributed by atoms with E-state index >= 15 is 0 Å². The van der Waals surface area contributed by atoms with Gasteiger partial charge in [-0.2, -0.15) is 0 Å². The summed E-state index contributed by atoms with van der Waals surface area (Å²) in [6, 6.07) is 4.17. The Labute approximate surface area is 102 Å². The number of hydrogen-bond acceptors (Lipinski definition) is 4. The molecule has 1 aliphatic rings. The van der Waals surface area contributed by atoms with Crippen molar-refractivity contribution in [2.45, 2.75) is 25.8 Å². The van der Waals surface area contributed by atoms with Gasteiger partial charge in [0.2, 0.25) is 0 Å². The fourth-order valence-corrected chi connectivity index (χ4v) is 2.02. The Balaban J connectivity index is 1.73. The number of nitrogens with zero attached hydrogens (tertiary/aromatic N) is 2. The van der Waals surface area contributed by atoms with Crippen LogP contribution in [0.1, 0.15) is 30.3 Å². The molecule has 0 atom stereocenters. The third kappa shape index (κ3) is 3.27. The van der Waals surface area contributed by atoms with Gasteiger partial charge in [-0.3, -0.25) is 14.7 Å². The van der Waals surface area contributed by atoms with Gasteiger partial charge in [-0.05, 0) is 25.1 Å². The van der Waals surface area contributed by atoms with Crippen LogP contribution in [0, 0.1) is 0 Å². The van der Waals surface area contributed by atoms with Gasteiger partial charge in [0.15, 0.2) is 6.29 Å². The first kappa shape index (κ1) is 12.0. The minimum absolute atomic E-state index is 0.480.